The first-order valence-electron chi connectivity index (χ1n) is 9.61. The Labute approximate surface area is 184 Å². The first kappa shape index (κ1) is 20.8. The first-order chi connectivity index (χ1) is 14.4. The highest BCUT2D eigenvalue weighted by atomic mass is 35.5. The third-order valence-corrected chi connectivity index (χ3v) is 6.29. The fraction of sp³-hybridized carbons (Fsp3) is 0.333. The zero-order chi connectivity index (χ0) is 21.3. The van der Waals surface area contributed by atoms with Crippen LogP contribution in [0.25, 0.3) is 22.2 Å². The van der Waals surface area contributed by atoms with E-state index in [1.165, 1.54) is 11.8 Å². The molecule has 0 saturated heterocycles. The number of nitrogens with zero attached hydrogens (tertiary/aromatic N) is 4. The zero-order valence-electron chi connectivity index (χ0n) is 16.8. The largest absolute Gasteiger partial charge is 0.372 e. The third kappa shape index (κ3) is 4.21. The van der Waals surface area contributed by atoms with E-state index in [1.807, 2.05) is 18.2 Å². The molecule has 3 aromatic rings. The SMILES string of the molecule is CC(=O)N(C)CCCSc1nc(N)nc(-c2c(Cl)cc3c4c(cccc24)COC3)n1. The second-order valence-electron chi connectivity index (χ2n) is 7.17. The molecule has 2 N–H and O–H groups in total. The van der Waals surface area contributed by atoms with Gasteiger partial charge in [0.2, 0.25) is 11.9 Å². The van der Waals surface area contributed by atoms with Gasteiger partial charge in [-0.2, -0.15) is 9.97 Å². The molecule has 9 heteroatoms. The Kier molecular flexibility index (Phi) is 6.08. The average Bonchev–Trinajstić information content (AvgIpc) is 2.71. The molecule has 0 bridgehead atoms. The number of hydrogen-bond donors (Lipinski definition) is 1. The molecule has 1 aliphatic heterocycles. The van der Waals surface area contributed by atoms with Crippen LogP contribution in [0.1, 0.15) is 24.5 Å². The van der Waals surface area contributed by atoms with Gasteiger partial charge in [-0.25, -0.2) is 4.98 Å². The minimum absolute atomic E-state index is 0.0505. The summed E-state index contributed by atoms with van der Waals surface area (Å²) >= 11 is 8.14. The van der Waals surface area contributed by atoms with Gasteiger partial charge in [0.25, 0.3) is 0 Å². The number of anilines is 1. The molecule has 1 aromatic heterocycles. The second kappa shape index (κ2) is 8.75. The summed E-state index contributed by atoms with van der Waals surface area (Å²) in [6.07, 6.45) is 0.823. The van der Waals surface area contributed by atoms with Gasteiger partial charge in [-0.15, -0.1) is 0 Å². The van der Waals surface area contributed by atoms with Gasteiger partial charge in [0.1, 0.15) is 0 Å². The highest BCUT2D eigenvalue weighted by molar-refractivity contribution is 7.99. The third-order valence-electron chi connectivity index (χ3n) is 5.06. The van der Waals surface area contributed by atoms with E-state index in [4.69, 9.17) is 22.1 Å². The number of aromatic nitrogens is 3. The number of ether oxygens (including phenoxy) is 1. The summed E-state index contributed by atoms with van der Waals surface area (Å²) < 4.78 is 5.66. The molecule has 4 rings (SSSR count). The number of carbonyl (C=O) groups is 1. The zero-order valence-corrected chi connectivity index (χ0v) is 18.4. The Morgan fingerprint density at radius 1 is 1.27 bits per heavy atom. The summed E-state index contributed by atoms with van der Waals surface area (Å²) in [4.78, 5) is 26.3. The summed E-state index contributed by atoms with van der Waals surface area (Å²) in [5.41, 5.74) is 8.93. The normalized spacial score (nSPS) is 12.9. The minimum Gasteiger partial charge on any atom is -0.372 e. The molecule has 1 aliphatic rings. The van der Waals surface area contributed by atoms with Crippen LogP contribution in [0.5, 0.6) is 0 Å². The lowest BCUT2D eigenvalue weighted by molar-refractivity contribution is -0.127. The Morgan fingerprint density at radius 3 is 2.87 bits per heavy atom. The molecular formula is C21H22ClN5O2S. The van der Waals surface area contributed by atoms with E-state index in [2.05, 4.69) is 21.0 Å². The minimum atomic E-state index is 0.0505. The molecule has 0 spiro atoms. The van der Waals surface area contributed by atoms with Gasteiger partial charge in [0.15, 0.2) is 11.0 Å². The topological polar surface area (TPSA) is 94.2 Å². The van der Waals surface area contributed by atoms with Gasteiger partial charge in [-0.1, -0.05) is 41.6 Å². The Hall–Kier alpha value is -2.42. The number of nitrogens with two attached hydrogens (primary N) is 1. The van der Waals surface area contributed by atoms with Crippen LogP contribution < -0.4 is 5.73 Å². The van der Waals surface area contributed by atoms with Crippen molar-refractivity contribution in [2.45, 2.75) is 31.7 Å². The lowest BCUT2D eigenvalue weighted by Gasteiger charge is -2.20. The van der Waals surface area contributed by atoms with Crippen molar-refractivity contribution in [2.75, 3.05) is 25.1 Å². The molecule has 0 fully saturated rings. The first-order valence-corrected chi connectivity index (χ1v) is 11.0. The predicted octanol–water partition coefficient (Wildman–Crippen LogP) is 3.92. The van der Waals surface area contributed by atoms with Gasteiger partial charge >= 0.3 is 0 Å². The van der Waals surface area contributed by atoms with E-state index < -0.39 is 0 Å². The van der Waals surface area contributed by atoms with Crippen LogP contribution in [0.4, 0.5) is 5.95 Å². The molecule has 2 heterocycles. The predicted molar refractivity (Wildman–Crippen MR) is 119 cm³/mol. The number of thioether (sulfide) groups is 1. The molecular weight excluding hydrogens is 422 g/mol. The quantitative estimate of drug-likeness (QED) is 0.455. The molecule has 1 amide bonds. The van der Waals surface area contributed by atoms with Crippen LogP contribution in [0.2, 0.25) is 5.02 Å². The molecule has 0 saturated carbocycles. The fourth-order valence-corrected chi connectivity index (χ4v) is 4.60. The summed E-state index contributed by atoms with van der Waals surface area (Å²) in [5, 5.41) is 3.24. The lowest BCUT2D eigenvalue weighted by atomic mass is 9.94. The van der Waals surface area contributed by atoms with Gasteiger partial charge in [-0.3, -0.25) is 4.79 Å². The van der Waals surface area contributed by atoms with E-state index in [-0.39, 0.29) is 11.9 Å². The number of carbonyl (C=O) groups excluding carboxylic acids is 1. The van der Waals surface area contributed by atoms with Crippen molar-refractivity contribution in [1.29, 1.82) is 0 Å². The molecule has 0 atom stereocenters. The monoisotopic (exact) mass is 443 g/mol. The van der Waals surface area contributed by atoms with Crippen molar-refractivity contribution < 1.29 is 9.53 Å². The van der Waals surface area contributed by atoms with Gasteiger partial charge in [0, 0.05) is 31.8 Å². The van der Waals surface area contributed by atoms with Crippen LogP contribution in [0, 0.1) is 0 Å². The maximum Gasteiger partial charge on any atom is 0.224 e. The molecule has 2 aromatic carbocycles. The Morgan fingerprint density at radius 2 is 2.07 bits per heavy atom. The second-order valence-corrected chi connectivity index (χ2v) is 8.64. The molecule has 0 unspecified atom stereocenters. The Bertz CT molecular complexity index is 1120. The summed E-state index contributed by atoms with van der Waals surface area (Å²) in [5.74, 6) is 1.43. The smallest absolute Gasteiger partial charge is 0.224 e. The Balaban J connectivity index is 1.65. The number of nitrogen functional groups attached to an aromatic ring is 1. The molecule has 0 radical (unpaired) electrons. The lowest BCUT2D eigenvalue weighted by Crippen LogP contribution is -2.25. The molecule has 0 aliphatic carbocycles. The summed E-state index contributed by atoms with van der Waals surface area (Å²) in [6, 6.07) is 8.00. The van der Waals surface area contributed by atoms with Crippen molar-refractivity contribution in [3.05, 3.63) is 40.4 Å². The van der Waals surface area contributed by atoms with Gasteiger partial charge in [-0.05, 0) is 34.4 Å². The van der Waals surface area contributed by atoms with E-state index in [1.54, 1.807) is 18.9 Å². The van der Waals surface area contributed by atoms with E-state index in [0.717, 1.165) is 39.6 Å². The van der Waals surface area contributed by atoms with Gasteiger partial charge in [0.05, 0.1) is 18.2 Å². The number of hydrogen-bond acceptors (Lipinski definition) is 7. The van der Waals surface area contributed by atoms with Crippen LogP contribution in [0.3, 0.4) is 0 Å². The summed E-state index contributed by atoms with van der Waals surface area (Å²) in [6.45, 7) is 3.34. The van der Waals surface area contributed by atoms with Crippen LogP contribution in [0.15, 0.2) is 29.4 Å². The van der Waals surface area contributed by atoms with E-state index >= 15 is 0 Å². The van der Waals surface area contributed by atoms with Crippen LogP contribution >= 0.6 is 23.4 Å². The van der Waals surface area contributed by atoms with Crippen molar-refractivity contribution in [1.82, 2.24) is 19.9 Å². The van der Waals surface area contributed by atoms with Crippen molar-refractivity contribution in [2.24, 2.45) is 0 Å². The maximum absolute atomic E-state index is 11.3. The molecule has 30 heavy (non-hydrogen) atoms. The van der Waals surface area contributed by atoms with Crippen LogP contribution in [-0.2, 0) is 22.7 Å². The fourth-order valence-electron chi connectivity index (χ4n) is 3.52. The average molecular weight is 444 g/mol. The molecule has 156 valence electrons. The van der Waals surface area contributed by atoms with E-state index in [0.29, 0.717) is 35.8 Å². The van der Waals surface area contributed by atoms with Crippen molar-refractivity contribution >= 4 is 46.0 Å². The van der Waals surface area contributed by atoms with Crippen molar-refractivity contribution in [3.63, 3.8) is 0 Å². The number of halogens is 1. The van der Waals surface area contributed by atoms with Gasteiger partial charge < -0.3 is 15.4 Å². The summed E-state index contributed by atoms with van der Waals surface area (Å²) in [7, 11) is 1.79. The number of amides is 1. The highest BCUT2D eigenvalue weighted by Crippen LogP contribution is 2.39. The van der Waals surface area contributed by atoms with E-state index in [9.17, 15) is 4.79 Å². The standard InChI is InChI=1S/C21H22ClN5O2S/c1-12(28)27(2)7-4-8-30-21-25-19(24-20(23)26-21)18-15-6-3-5-13-10-29-11-14(17(13)15)9-16(18)22/h3,5-6,9H,4,7-8,10-11H2,1-2H3,(H2,23,24,25,26). The highest BCUT2D eigenvalue weighted by Gasteiger charge is 2.21. The van der Waals surface area contributed by atoms with Crippen molar-refractivity contribution in [3.8, 4) is 11.4 Å². The van der Waals surface area contributed by atoms with Crippen LogP contribution in [-0.4, -0.2) is 45.1 Å². The molecule has 7 nitrogen and oxygen atoms in total. The number of benzene rings is 2. The maximum atomic E-state index is 11.3. The number of rotatable bonds is 6.